The maximum atomic E-state index is 9.99. The molecule has 1 fully saturated rings. The van der Waals surface area contributed by atoms with Crippen molar-refractivity contribution in [1.29, 1.82) is 0 Å². The molecular formula is C15H27NO2. The fourth-order valence-electron chi connectivity index (χ4n) is 2.12. The summed E-state index contributed by atoms with van der Waals surface area (Å²) < 4.78 is 5.64. The van der Waals surface area contributed by atoms with Crippen molar-refractivity contribution >= 4 is 0 Å². The van der Waals surface area contributed by atoms with Gasteiger partial charge in [0.05, 0.1) is 12.7 Å². The summed E-state index contributed by atoms with van der Waals surface area (Å²) in [5.74, 6) is 3.46. The second-order valence-corrected chi connectivity index (χ2v) is 5.68. The smallest absolute Gasteiger partial charge is 0.125 e. The van der Waals surface area contributed by atoms with Crippen LogP contribution in [0, 0.1) is 18.3 Å². The van der Waals surface area contributed by atoms with Crippen molar-refractivity contribution in [2.24, 2.45) is 5.92 Å². The highest BCUT2D eigenvalue weighted by molar-refractivity contribution is 5.05. The Morgan fingerprint density at radius 1 is 1.50 bits per heavy atom. The number of rotatable bonds is 6. The third-order valence-corrected chi connectivity index (χ3v) is 3.92. The lowest BCUT2D eigenvalue weighted by molar-refractivity contribution is -0.0489. The maximum Gasteiger partial charge on any atom is 0.125 e. The van der Waals surface area contributed by atoms with Crippen LogP contribution in [-0.2, 0) is 4.74 Å². The minimum atomic E-state index is -0.544. The summed E-state index contributed by atoms with van der Waals surface area (Å²) in [6, 6.07) is 0. The summed E-state index contributed by atoms with van der Waals surface area (Å²) in [7, 11) is 0. The molecule has 1 aliphatic heterocycles. The van der Waals surface area contributed by atoms with E-state index in [4.69, 9.17) is 11.2 Å². The molecule has 2 unspecified atom stereocenters. The molecule has 1 aliphatic rings. The summed E-state index contributed by atoms with van der Waals surface area (Å²) in [6.07, 6.45) is 8.20. The predicted octanol–water partition coefficient (Wildman–Crippen LogP) is 1.90. The Labute approximate surface area is 112 Å². The molecular weight excluding hydrogens is 226 g/mol. The zero-order valence-corrected chi connectivity index (χ0v) is 12.0. The van der Waals surface area contributed by atoms with Crippen molar-refractivity contribution in [3.8, 4) is 12.3 Å². The number of hydrogen-bond acceptors (Lipinski definition) is 3. The molecule has 18 heavy (non-hydrogen) atoms. The van der Waals surface area contributed by atoms with Crippen LogP contribution in [0.4, 0.5) is 0 Å². The SMILES string of the molecule is C#CC(C)(CC)OCC(O)CN1CCC(C)CC1. The van der Waals surface area contributed by atoms with E-state index in [1.165, 1.54) is 12.8 Å². The Morgan fingerprint density at radius 2 is 2.11 bits per heavy atom. The highest BCUT2D eigenvalue weighted by atomic mass is 16.5. The topological polar surface area (TPSA) is 32.7 Å². The molecule has 0 bridgehead atoms. The number of hydrogen-bond donors (Lipinski definition) is 1. The van der Waals surface area contributed by atoms with E-state index in [2.05, 4.69) is 17.7 Å². The first-order chi connectivity index (χ1) is 8.49. The minimum absolute atomic E-state index is 0.320. The number of ether oxygens (including phenoxy) is 1. The molecule has 3 nitrogen and oxygen atoms in total. The number of β-amino-alcohol motifs (C(OH)–C–C–N with tert-alkyl or cyclic N) is 1. The normalized spacial score (nSPS) is 23.3. The third-order valence-electron chi connectivity index (χ3n) is 3.92. The van der Waals surface area contributed by atoms with Crippen LogP contribution in [-0.4, -0.2) is 48.0 Å². The second-order valence-electron chi connectivity index (χ2n) is 5.68. The Kier molecular flexibility index (Phi) is 6.14. The molecule has 0 aromatic rings. The average Bonchev–Trinajstić information content (AvgIpc) is 2.39. The minimum Gasteiger partial charge on any atom is -0.389 e. The van der Waals surface area contributed by atoms with Crippen molar-refractivity contribution in [1.82, 2.24) is 4.90 Å². The van der Waals surface area contributed by atoms with Gasteiger partial charge in [0.25, 0.3) is 0 Å². The fourth-order valence-corrected chi connectivity index (χ4v) is 2.12. The van der Waals surface area contributed by atoms with Crippen molar-refractivity contribution in [2.75, 3.05) is 26.2 Å². The fraction of sp³-hybridized carbons (Fsp3) is 0.867. The van der Waals surface area contributed by atoms with Crippen molar-refractivity contribution in [3.05, 3.63) is 0 Å². The van der Waals surface area contributed by atoms with Crippen molar-refractivity contribution in [2.45, 2.75) is 51.7 Å². The lowest BCUT2D eigenvalue weighted by atomic mass is 9.99. The summed E-state index contributed by atoms with van der Waals surface area (Å²) in [5.41, 5.74) is -0.544. The van der Waals surface area contributed by atoms with Gasteiger partial charge in [-0.15, -0.1) is 6.42 Å². The van der Waals surface area contributed by atoms with Gasteiger partial charge in [0.15, 0.2) is 0 Å². The Bertz CT molecular complexity index is 279. The Morgan fingerprint density at radius 3 is 2.61 bits per heavy atom. The number of aliphatic hydroxyl groups is 1. The van der Waals surface area contributed by atoms with E-state index in [0.717, 1.165) is 25.4 Å². The molecule has 2 atom stereocenters. The van der Waals surface area contributed by atoms with Gasteiger partial charge in [-0.05, 0) is 45.2 Å². The van der Waals surface area contributed by atoms with Gasteiger partial charge in [-0.3, -0.25) is 0 Å². The van der Waals surface area contributed by atoms with Crippen LogP contribution in [0.2, 0.25) is 0 Å². The first-order valence-electron chi connectivity index (χ1n) is 7.01. The molecule has 0 radical (unpaired) electrons. The molecule has 1 rings (SSSR count). The molecule has 104 valence electrons. The number of terminal acetylenes is 1. The van der Waals surface area contributed by atoms with Gasteiger partial charge in [0, 0.05) is 6.54 Å². The van der Waals surface area contributed by atoms with Crippen LogP contribution >= 0.6 is 0 Å². The first kappa shape index (κ1) is 15.5. The van der Waals surface area contributed by atoms with Crippen LogP contribution in [0.1, 0.15) is 40.0 Å². The number of likely N-dealkylation sites (tertiary alicyclic amines) is 1. The predicted molar refractivity (Wildman–Crippen MR) is 74.3 cm³/mol. The van der Waals surface area contributed by atoms with Gasteiger partial charge >= 0.3 is 0 Å². The van der Waals surface area contributed by atoms with Gasteiger partial charge in [0.1, 0.15) is 5.60 Å². The van der Waals surface area contributed by atoms with Crippen molar-refractivity contribution < 1.29 is 9.84 Å². The molecule has 1 heterocycles. The Balaban J connectivity index is 2.25. The van der Waals surface area contributed by atoms with Crippen LogP contribution in [0.3, 0.4) is 0 Å². The van der Waals surface area contributed by atoms with Gasteiger partial charge in [0.2, 0.25) is 0 Å². The van der Waals surface area contributed by atoms with Crippen LogP contribution in [0.25, 0.3) is 0 Å². The van der Waals surface area contributed by atoms with E-state index in [9.17, 15) is 5.11 Å². The zero-order valence-electron chi connectivity index (χ0n) is 12.0. The third kappa shape index (κ3) is 4.97. The highest BCUT2D eigenvalue weighted by Crippen LogP contribution is 2.17. The average molecular weight is 253 g/mol. The zero-order chi connectivity index (χ0) is 13.6. The largest absolute Gasteiger partial charge is 0.389 e. The molecule has 3 heteroatoms. The van der Waals surface area contributed by atoms with E-state index in [1.807, 2.05) is 13.8 Å². The number of aliphatic hydroxyl groups excluding tert-OH is 1. The van der Waals surface area contributed by atoms with Crippen molar-refractivity contribution in [3.63, 3.8) is 0 Å². The van der Waals surface area contributed by atoms with E-state index in [-0.39, 0.29) is 0 Å². The second kappa shape index (κ2) is 7.13. The standard InChI is InChI=1S/C15H27NO2/c1-5-15(4,6-2)18-12-14(17)11-16-9-7-13(3)8-10-16/h1,13-14,17H,6-12H2,2-4H3. The molecule has 0 saturated carbocycles. The van der Waals surface area contributed by atoms with Gasteiger partial charge in [-0.2, -0.15) is 0 Å². The quantitative estimate of drug-likeness (QED) is 0.734. The molecule has 0 aliphatic carbocycles. The van der Waals surface area contributed by atoms with E-state index in [0.29, 0.717) is 13.2 Å². The van der Waals surface area contributed by atoms with E-state index in [1.54, 1.807) is 0 Å². The molecule has 0 spiro atoms. The summed E-state index contributed by atoms with van der Waals surface area (Å²) in [5, 5.41) is 9.99. The Hall–Kier alpha value is -0.560. The first-order valence-corrected chi connectivity index (χ1v) is 7.01. The highest BCUT2D eigenvalue weighted by Gasteiger charge is 2.23. The molecule has 1 saturated heterocycles. The van der Waals surface area contributed by atoms with Gasteiger partial charge in [-0.1, -0.05) is 19.8 Å². The summed E-state index contributed by atoms with van der Waals surface area (Å²) >= 11 is 0. The van der Waals surface area contributed by atoms with Crippen LogP contribution in [0.15, 0.2) is 0 Å². The monoisotopic (exact) mass is 253 g/mol. The summed E-state index contributed by atoms with van der Waals surface area (Å²) in [4.78, 5) is 2.31. The molecule has 0 amide bonds. The lowest BCUT2D eigenvalue weighted by Crippen LogP contribution is -2.41. The van der Waals surface area contributed by atoms with E-state index >= 15 is 0 Å². The van der Waals surface area contributed by atoms with Crippen LogP contribution < -0.4 is 0 Å². The van der Waals surface area contributed by atoms with Gasteiger partial charge in [-0.25, -0.2) is 0 Å². The molecule has 0 aromatic heterocycles. The van der Waals surface area contributed by atoms with E-state index < -0.39 is 11.7 Å². The lowest BCUT2D eigenvalue weighted by Gasteiger charge is -2.32. The molecule has 0 aromatic carbocycles. The number of nitrogens with zero attached hydrogens (tertiary/aromatic N) is 1. The van der Waals surface area contributed by atoms with Gasteiger partial charge < -0.3 is 14.7 Å². The molecule has 1 N–H and O–H groups in total. The van der Waals surface area contributed by atoms with Crippen LogP contribution in [0.5, 0.6) is 0 Å². The summed E-state index contributed by atoms with van der Waals surface area (Å²) in [6.45, 7) is 9.35. The maximum absolute atomic E-state index is 9.99. The number of piperidine rings is 1.